The van der Waals surface area contributed by atoms with E-state index in [1.807, 2.05) is 38.7 Å². The van der Waals surface area contributed by atoms with E-state index in [1.165, 1.54) is 11.3 Å². The normalized spacial score (nSPS) is 11.2. The van der Waals surface area contributed by atoms with E-state index in [0.29, 0.717) is 4.59 Å². The molecule has 0 aliphatic heterocycles. The maximum Gasteiger partial charge on any atom is 0.305 e. The van der Waals surface area contributed by atoms with Crippen LogP contribution in [-0.4, -0.2) is 31.6 Å². The summed E-state index contributed by atoms with van der Waals surface area (Å²) in [6, 6.07) is 3.69. The van der Waals surface area contributed by atoms with Gasteiger partial charge in [0.25, 0.3) is 0 Å². The number of thiophene rings is 1. The predicted octanol–water partition coefficient (Wildman–Crippen LogP) is 1.10. The molecule has 0 saturated heterocycles. The van der Waals surface area contributed by atoms with Gasteiger partial charge in [0.1, 0.15) is 0 Å². The Morgan fingerprint density at radius 2 is 2.17 bits per heavy atom. The van der Waals surface area contributed by atoms with E-state index < -0.39 is 0 Å². The van der Waals surface area contributed by atoms with E-state index in [-0.39, 0.29) is 5.91 Å². The second kappa shape index (κ2) is 3.25. The highest BCUT2D eigenvalue weighted by molar-refractivity contribution is 7.12. The maximum atomic E-state index is 11.4. The van der Waals surface area contributed by atoms with Crippen molar-refractivity contribution >= 4 is 17.2 Å². The minimum Gasteiger partial charge on any atom is -0.263 e. The molecule has 0 fully saturated rings. The maximum absolute atomic E-state index is 11.4. The molecule has 1 rings (SSSR count). The number of amides is 1. The summed E-state index contributed by atoms with van der Waals surface area (Å²) in [6.45, 7) is 0. The summed E-state index contributed by atoms with van der Waals surface area (Å²) < 4.78 is 0.441. The Hall–Kier alpha value is -0.870. The number of carbonyl (C=O) groups excluding carboxylic acids is 1. The van der Waals surface area contributed by atoms with Crippen molar-refractivity contribution < 1.29 is 9.39 Å². The van der Waals surface area contributed by atoms with Crippen LogP contribution in [0.25, 0.3) is 0 Å². The van der Waals surface area contributed by atoms with Crippen LogP contribution in [0.1, 0.15) is 9.67 Å². The molecule has 0 bridgehead atoms. The van der Waals surface area contributed by atoms with Gasteiger partial charge in [-0.2, -0.15) is 5.43 Å². The van der Waals surface area contributed by atoms with E-state index in [2.05, 4.69) is 5.43 Å². The van der Waals surface area contributed by atoms with Crippen molar-refractivity contribution in [2.45, 2.75) is 0 Å². The molecule has 0 atom stereocenters. The van der Waals surface area contributed by atoms with Crippen LogP contribution in [0.2, 0.25) is 0 Å². The Bertz CT molecular complexity index is 261. The molecule has 1 aromatic heterocycles. The van der Waals surface area contributed by atoms with Crippen LogP contribution < -0.4 is 5.43 Å². The SMILES string of the molecule is C[N+](C)(C)NC(=O)c1cccs1. The highest BCUT2D eigenvalue weighted by Crippen LogP contribution is 2.08. The van der Waals surface area contributed by atoms with Crippen molar-refractivity contribution in [3.63, 3.8) is 0 Å². The lowest BCUT2D eigenvalue weighted by Crippen LogP contribution is -2.50. The third-order valence-corrected chi connectivity index (χ3v) is 2.05. The summed E-state index contributed by atoms with van der Waals surface area (Å²) in [5.74, 6) is -0.0162. The van der Waals surface area contributed by atoms with Gasteiger partial charge in [-0.1, -0.05) is 6.07 Å². The monoisotopic (exact) mass is 185 g/mol. The topological polar surface area (TPSA) is 29.1 Å². The van der Waals surface area contributed by atoms with Gasteiger partial charge in [0, 0.05) is 0 Å². The molecule has 0 saturated carbocycles. The van der Waals surface area contributed by atoms with Crippen LogP contribution in [0, 0.1) is 0 Å². The minimum absolute atomic E-state index is 0.0162. The quantitative estimate of drug-likeness (QED) is 0.542. The van der Waals surface area contributed by atoms with Crippen molar-refractivity contribution in [2.24, 2.45) is 0 Å². The molecule has 0 aliphatic carbocycles. The summed E-state index contributed by atoms with van der Waals surface area (Å²) in [7, 11) is 5.72. The number of rotatable bonds is 2. The van der Waals surface area contributed by atoms with E-state index in [4.69, 9.17) is 0 Å². The molecule has 0 aromatic carbocycles. The lowest BCUT2D eigenvalue weighted by Gasteiger charge is -2.22. The number of nitrogens with one attached hydrogen (secondary N) is 1. The Morgan fingerprint density at radius 1 is 1.50 bits per heavy atom. The standard InChI is InChI=1S/C8H12N2OS/c1-10(2,3)9-8(11)7-5-4-6-12-7/h4-6H,1-3H3/p+1. The van der Waals surface area contributed by atoms with E-state index >= 15 is 0 Å². The first kappa shape index (κ1) is 9.22. The van der Waals surface area contributed by atoms with E-state index in [1.54, 1.807) is 0 Å². The summed E-state index contributed by atoms with van der Waals surface area (Å²) in [6.07, 6.45) is 0. The molecule has 1 amide bonds. The average molecular weight is 185 g/mol. The Balaban J connectivity index is 2.63. The fourth-order valence-corrected chi connectivity index (χ4v) is 1.38. The Kier molecular flexibility index (Phi) is 2.49. The largest absolute Gasteiger partial charge is 0.305 e. The van der Waals surface area contributed by atoms with Gasteiger partial charge in [0.05, 0.1) is 26.0 Å². The molecular formula is C8H13N2OS+. The fourth-order valence-electron chi connectivity index (χ4n) is 0.767. The lowest BCUT2D eigenvalue weighted by molar-refractivity contribution is -0.905. The zero-order chi connectivity index (χ0) is 9.19. The zero-order valence-electron chi connectivity index (χ0n) is 7.50. The van der Waals surface area contributed by atoms with Gasteiger partial charge in [0.15, 0.2) is 0 Å². The van der Waals surface area contributed by atoms with Crippen LogP contribution in [0.15, 0.2) is 17.5 Å². The third kappa shape index (κ3) is 2.64. The number of hydrogen-bond donors (Lipinski definition) is 1. The van der Waals surface area contributed by atoms with Crippen molar-refractivity contribution in [2.75, 3.05) is 21.1 Å². The first-order chi connectivity index (χ1) is 5.49. The molecule has 1 N–H and O–H groups in total. The van der Waals surface area contributed by atoms with Crippen molar-refractivity contribution in [1.82, 2.24) is 5.43 Å². The van der Waals surface area contributed by atoms with Gasteiger partial charge in [-0.3, -0.25) is 4.79 Å². The van der Waals surface area contributed by atoms with Gasteiger partial charge in [-0.25, -0.2) is 4.59 Å². The lowest BCUT2D eigenvalue weighted by atomic mass is 10.4. The number of nitrogens with zero attached hydrogens (tertiary/aromatic N) is 1. The number of hydrogen-bond acceptors (Lipinski definition) is 2. The minimum atomic E-state index is -0.0162. The van der Waals surface area contributed by atoms with E-state index in [0.717, 1.165) is 4.88 Å². The van der Waals surface area contributed by atoms with Gasteiger partial charge < -0.3 is 0 Å². The first-order valence-corrected chi connectivity index (χ1v) is 4.54. The molecular weight excluding hydrogens is 172 g/mol. The van der Waals surface area contributed by atoms with Crippen LogP contribution in [0.5, 0.6) is 0 Å². The van der Waals surface area contributed by atoms with Gasteiger partial charge in [0.2, 0.25) is 0 Å². The molecule has 3 nitrogen and oxygen atoms in total. The summed E-state index contributed by atoms with van der Waals surface area (Å²) >= 11 is 1.45. The number of carbonyl (C=O) groups is 1. The molecule has 12 heavy (non-hydrogen) atoms. The van der Waals surface area contributed by atoms with Crippen molar-refractivity contribution in [1.29, 1.82) is 0 Å². The Labute approximate surface area is 76.2 Å². The van der Waals surface area contributed by atoms with Gasteiger partial charge in [-0.15, -0.1) is 11.3 Å². The predicted molar refractivity (Wildman–Crippen MR) is 49.8 cm³/mol. The molecule has 0 unspecified atom stereocenters. The van der Waals surface area contributed by atoms with Crippen LogP contribution in [0.4, 0.5) is 0 Å². The van der Waals surface area contributed by atoms with Crippen LogP contribution in [0.3, 0.4) is 0 Å². The molecule has 4 heteroatoms. The second-order valence-corrected chi connectivity index (χ2v) is 4.38. The second-order valence-electron chi connectivity index (χ2n) is 3.43. The highest BCUT2D eigenvalue weighted by Gasteiger charge is 2.14. The van der Waals surface area contributed by atoms with Crippen molar-refractivity contribution in [3.8, 4) is 0 Å². The van der Waals surface area contributed by atoms with E-state index in [9.17, 15) is 4.79 Å². The van der Waals surface area contributed by atoms with Crippen LogP contribution in [-0.2, 0) is 0 Å². The molecule has 0 radical (unpaired) electrons. The summed E-state index contributed by atoms with van der Waals surface area (Å²) in [4.78, 5) is 12.2. The molecule has 0 spiro atoms. The fraction of sp³-hybridized carbons (Fsp3) is 0.375. The smallest absolute Gasteiger partial charge is 0.263 e. The molecule has 1 heterocycles. The first-order valence-electron chi connectivity index (χ1n) is 3.66. The van der Waals surface area contributed by atoms with Crippen LogP contribution >= 0.6 is 11.3 Å². The Morgan fingerprint density at radius 3 is 2.58 bits per heavy atom. The van der Waals surface area contributed by atoms with Gasteiger partial charge >= 0.3 is 5.91 Å². The van der Waals surface area contributed by atoms with Crippen molar-refractivity contribution in [3.05, 3.63) is 22.4 Å². The molecule has 66 valence electrons. The summed E-state index contributed by atoms with van der Waals surface area (Å²) in [5.41, 5.74) is 2.83. The molecule has 1 aromatic rings. The number of quaternary nitrogens is 1. The average Bonchev–Trinajstić information content (AvgIpc) is 2.32. The zero-order valence-corrected chi connectivity index (χ0v) is 8.31. The third-order valence-electron chi connectivity index (χ3n) is 1.18. The molecule has 0 aliphatic rings. The van der Waals surface area contributed by atoms with Gasteiger partial charge in [-0.05, 0) is 11.4 Å². The summed E-state index contributed by atoms with van der Waals surface area (Å²) in [5, 5.41) is 1.89. The highest BCUT2D eigenvalue weighted by atomic mass is 32.1.